The molecule has 2 aromatic carbocycles. The van der Waals surface area contributed by atoms with E-state index in [0.29, 0.717) is 26.7 Å². The van der Waals surface area contributed by atoms with Gasteiger partial charge in [-0.05, 0) is 37.3 Å². The summed E-state index contributed by atoms with van der Waals surface area (Å²) in [6.07, 6.45) is 0. The molecule has 3 heterocycles. The number of nitrogens with one attached hydrogen (secondary N) is 1. The first kappa shape index (κ1) is 17.5. The number of ether oxygens (including phenoxy) is 1. The Bertz CT molecular complexity index is 1400. The van der Waals surface area contributed by atoms with Crippen molar-refractivity contribution in [3.8, 4) is 11.8 Å². The summed E-state index contributed by atoms with van der Waals surface area (Å²) in [4.78, 5) is 26.5. The SMILES string of the molecule is Cc1ccc2oc(=O)c3c(c2c1)OC(N)=C(C#N)C31C(=O)Nc2ccc(Br)cc21. The van der Waals surface area contributed by atoms with E-state index in [9.17, 15) is 14.9 Å². The molecule has 0 aliphatic carbocycles. The Morgan fingerprint density at radius 2 is 2.00 bits per heavy atom. The lowest BCUT2D eigenvalue weighted by atomic mass is 9.69. The number of aryl methyl sites for hydroxylation is 1. The number of benzene rings is 2. The summed E-state index contributed by atoms with van der Waals surface area (Å²) in [5, 5.41) is 13.1. The molecule has 29 heavy (non-hydrogen) atoms. The van der Waals surface area contributed by atoms with Crippen molar-refractivity contribution in [2.75, 3.05) is 5.32 Å². The fourth-order valence-corrected chi connectivity index (χ4v) is 4.46. The van der Waals surface area contributed by atoms with Crippen molar-refractivity contribution in [1.29, 1.82) is 5.26 Å². The zero-order valence-electron chi connectivity index (χ0n) is 15.0. The van der Waals surface area contributed by atoms with Crippen LogP contribution in [0.15, 0.2) is 61.5 Å². The lowest BCUT2D eigenvalue weighted by molar-refractivity contribution is -0.118. The Balaban J connectivity index is 2.02. The molecule has 3 aromatic rings. The third kappa shape index (κ3) is 2.10. The van der Waals surface area contributed by atoms with Gasteiger partial charge in [-0.15, -0.1) is 0 Å². The Hall–Kier alpha value is -3.57. The first-order valence-corrected chi connectivity index (χ1v) is 9.45. The van der Waals surface area contributed by atoms with Crippen LogP contribution in [0.3, 0.4) is 0 Å². The van der Waals surface area contributed by atoms with Crippen LogP contribution in [0.2, 0.25) is 0 Å². The standard InChI is InChI=1S/C21H12BrN3O4/c1-9-2-5-15-11(6-9)17-16(19(26)28-15)21(13(8-23)18(24)29-17)12-7-10(22)3-4-14(12)25-20(21)27/h2-7H,24H2,1H3,(H,25,27). The number of rotatable bonds is 0. The molecule has 1 amide bonds. The van der Waals surface area contributed by atoms with Crippen molar-refractivity contribution in [3.63, 3.8) is 0 Å². The first-order valence-electron chi connectivity index (χ1n) is 8.65. The van der Waals surface area contributed by atoms with Crippen LogP contribution in [0.4, 0.5) is 5.69 Å². The number of hydrogen-bond donors (Lipinski definition) is 2. The van der Waals surface area contributed by atoms with Crippen LogP contribution in [-0.4, -0.2) is 5.91 Å². The predicted octanol–water partition coefficient (Wildman–Crippen LogP) is 3.19. The minimum atomic E-state index is -1.76. The molecule has 2 aliphatic rings. The Morgan fingerprint density at radius 3 is 2.76 bits per heavy atom. The second-order valence-corrected chi connectivity index (χ2v) is 7.86. The van der Waals surface area contributed by atoms with Crippen LogP contribution in [-0.2, 0) is 10.2 Å². The smallest absolute Gasteiger partial charge is 0.345 e. The monoisotopic (exact) mass is 449 g/mol. The van der Waals surface area contributed by atoms with Gasteiger partial charge < -0.3 is 20.2 Å². The van der Waals surface area contributed by atoms with E-state index in [1.165, 1.54) is 0 Å². The van der Waals surface area contributed by atoms with Gasteiger partial charge in [-0.25, -0.2) is 4.79 Å². The van der Waals surface area contributed by atoms with Crippen LogP contribution >= 0.6 is 15.9 Å². The fourth-order valence-electron chi connectivity index (χ4n) is 4.10. The normalized spacial score (nSPS) is 19.6. The molecule has 0 fully saturated rings. The van der Waals surface area contributed by atoms with Crippen molar-refractivity contribution < 1.29 is 13.9 Å². The highest BCUT2D eigenvalue weighted by atomic mass is 79.9. The van der Waals surface area contributed by atoms with E-state index in [0.717, 1.165) is 5.56 Å². The van der Waals surface area contributed by atoms with Gasteiger partial charge in [-0.2, -0.15) is 5.26 Å². The summed E-state index contributed by atoms with van der Waals surface area (Å²) in [5.74, 6) is -0.662. The van der Waals surface area contributed by atoms with Gasteiger partial charge in [0, 0.05) is 15.7 Å². The largest absolute Gasteiger partial charge is 0.439 e. The van der Waals surface area contributed by atoms with Crippen LogP contribution in [0, 0.1) is 18.3 Å². The topological polar surface area (TPSA) is 118 Å². The van der Waals surface area contributed by atoms with Gasteiger partial charge in [0.25, 0.3) is 0 Å². The molecule has 1 unspecified atom stereocenters. The Labute approximate surface area is 172 Å². The van der Waals surface area contributed by atoms with E-state index in [2.05, 4.69) is 21.2 Å². The summed E-state index contributed by atoms with van der Waals surface area (Å²) < 4.78 is 11.9. The predicted molar refractivity (Wildman–Crippen MR) is 108 cm³/mol. The Kier molecular flexibility index (Phi) is 3.46. The molecule has 1 aromatic heterocycles. The molecule has 0 bridgehead atoms. The molecule has 2 aliphatic heterocycles. The minimum absolute atomic E-state index is 0.0595. The number of nitrogens with two attached hydrogens (primary N) is 1. The number of hydrogen-bond acceptors (Lipinski definition) is 6. The van der Waals surface area contributed by atoms with Gasteiger partial charge >= 0.3 is 5.63 Å². The van der Waals surface area contributed by atoms with Crippen molar-refractivity contribution in [1.82, 2.24) is 0 Å². The van der Waals surface area contributed by atoms with Crippen molar-refractivity contribution >= 4 is 38.5 Å². The minimum Gasteiger partial charge on any atom is -0.439 e. The van der Waals surface area contributed by atoms with E-state index < -0.39 is 16.9 Å². The van der Waals surface area contributed by atoms with Crippen LogP contribution in [0.1, 0.15) is 16.7 Å². The number of carbonyl (C=O) groups excluding carboxylic acids is 1. The molecule has 0 saturated heterocycles. The molecule has 3 N–H and O–H groups in total. The maximum Gasteiger partial charge on any atom is 0.345 e. The highest BCUT2D eigenvalue weighted by Crippen LogP contribution is 2.53. The highest BCUT2D eigenvalue weighted by Gasteiger charge is 2.58. The third-order valence-electron chi connectivity index (χ3n) is 5.31. The third-order valence-corrected chi connectivity index (χ3v) is 5.80. The van der Waals surface area contributed by atoms with Gasteiger partial charge in [-0.3, -0.25) is 4.79 Å². The average Bonchev–Trinajstić information content (AvgIpc) is 2.95. The van der Waals surface area contributed by atoms with E-state index >= 15 is 0 Å². The number of fused-ring (bicyclic) bond motifs is 6. The van der Waals surface area contributed by atoms with Gasteiger partial charge in [0.2, 0.25) is 11.8 Å². The first-order chi connectivity index (χ1) is 13.9. The van der Waals surface area contributed by atoms with E-state index in [1.54, 1.807) is 36.4 Å². The summed E-state index contributed by atoms with van der Waals surface area (Å²) in [6, 6.07) is 12.3. The van der Waals surface area contributed by atoms with Crippen molar-refractivity contribution in [3.05, 3.63) is 79.4 Å². The number of amides is 1. The Morgan fingerprint density at radius 1 is 1.21 bits per heavy atom. The molecule has 5 rings (SSSR count). The zero-order chi connectivity index (χ0) is 20.5. The number of carbonyl (C=O) groups is 1. The summed E-state index contributed by atoms with van der Waals surface area (Å²) in [7, 11) is 0. The van der Waals surface area contributed by atoms with Gasteiger partial charge in [0.15, 0.2) is 11.2 Å². The van der Waals surface area contributed by atoms with E-state index in [1.807, 2.05) is 13.0 Å². The molecule has 8 heteroatoms. The molecular weight excluding hydrogens is 438 g/mol. The molecule has 142 valence electrons. The lowest BCUT2D eigenvalue weighted by Gasteiger charge is -2.32. The molecule has 7 nitrogen and oxygen atoms in total. The second-order valence-electron chi connectivity index (χ2n) is 6.94. The number of anilines is 1. The molecule has 0 radical (unpaired) electrons. The highest BCUT2D eigenvalue weighted by molar-refractivity contribution is 9.10. The average molecular weight is 450 g/mol. The van der Waals surface area contributed by atoms with Crippen molar-refractivity contribution in [2.45, 2.75) is 12.3 Å². The molecular formula is C21H12BrN3O4. The molecule has 1 spiro atoms. The lowest BCUT2D eigenvalue weighted by Crippen LogP contribution is -2.45. The van der Waals surface area contributed by atoms with Crippen LogP contribution in [0.25, 0.3) is 11.0 Å². The fraction of sp³-hybridized carbons (Fsp3) is 0.0952. The van der Waals surface area contributed by atoms with Gasteiger partial charge in [0.1, 0.15) is 22.8 Å². The van der Waals surface area contributed by atoms with Gasteiger partial charge in [-0.1, -0.05) is 27.6 Å². The van der Waals surface area contributed by atoms with Crippen LogP contribution < -0.4 is 21.4 Å². The van der Waals surface area contributed by atoms with E-state index in [-0.39, 0.29) is 22.8 Å². The maximum atomic E-state index is 13.3. The number of nitriles is 1. The maximum absolute atomic E-state index is 13.3. The molecule has 1 atom stereocenters. The zero-order valence-corrected chi connectivity index (χ0v) is 16.6. The number of halogens is 1. The van der Waals surface area contributed by atoms with E-state index in [4.69, 9.17) is 14.9 Å². The van der Waals surface area contributed by atoms with Crippen molar-refractivity contribution in [2.24, 2.45) is 5.73 Å². The van der Waals surface area contributed by atoms with Gasteiger partial charge in [0.05, 0.1) is 5.39 Å². The molecule has 0 saturated carbocycles. The van der Waals surface area contributed by atoms with Crippen LogP contribution in [0.5, 0.6) is 5.75 Å². The summed E-state index contributed by atoms with van der Waals surface area (Å²) >= 11 is 3.40. The number of nitrogens with zero attached hydrogens (tertiary/aromatic N) is 1. The summed E-state index contributed by atoms with van der Waals surface area (Å²) in [6.45, 7) is 1.88. The second kappa shape index (κ2) is 5.72. The quantitative estimate of drug-likeness (QED) is 0.508. The summed E-state index contributed by atoms with van der Waals surface area (Å²) in [5.41, 5.74) is 5.48.